The third-order valence-electron chi connectivity index (χ3n) is 4.04. The van der Waals surface area contributed by atoms with Crippen molar-refractivity contribution in [2.75, 3.05) is 26.2 Å². The molecule has 1 aliphatic heterocycles. The second-order valence-electron chi connectivity index (χ2n) is 5.83. The van der Waals surface area contributed by atoms with Crippen LogP contribution in [0.25, 0.3) is 0 Å². The van der Waals surface area contributed by atoms with Crippen molar-refractivity contribution in [3.8, 4) is 5.75 Å². The number of aryl methyl sites for hydroxylation is 1. The number of rotatable bonds is 2. The van der Waals surface area contributed by atoms with Gasteiger partial charge in [-0.1, -0.05) is 35.9 Å². The minimum absolute atomic E-state index is 0.00905. The molecule has 2 amide bonds. The lowest BCUT2D eigenvalue weighted by Gasteiger charge is -2.34. The van der Waals surface area contributed by atoms with Gasteiger partial charge in [0.15, 0.2) is 0 Å². The fraction of sp³-hybridized carbons (Fsp3) is 0.263. The summed E-state index contributed by atoms with van der Waals surface area (Å²) < 4.78 is 5.33. The minimum atomic E-state index is -0.371. The van der Waals surface area contributed by atoms with E-state index in [1.165, 1.54) is 0 Å². The number of para-hydroxylation sites is 1. The van der Waals surface area contributed by atoms with E-state index < -0.39 is 0 Å². The molecule has 0 saturated carbocycles. The summed E-state index contributed by atoms with van der Waals surface area (Å²) in [5, 5.41) is 0. The summed E-state index contributed by atoms with van der Waals surface area (Å²) in [5.41, 5.74) is 1.75. The molecule has 0 aliphatic carbocycles. The molecule has 0 unspecified atom stereocenters. The number of amides is 2. The molecule has 0 N–H and O–H groups in total. The highest BCUT2D eigenvalue weighted by molar-refractivity contribution is 5.94. The largest absolute Gasteiger partial charge is 0.415 e. The summed E-state index contributed by atoms with van der Waals surface area (Å²) in [7, 11) is 0. The van der Waals surface area contributed by atoms with Gasteiger partial charge in [-0.15, -0.1) is 0 Å². The number of carbonyl (C=O) groups is 2. The van der Waals surface area contributed by atoms with Gasteiger partial charge < -0.3 is 14.5 Å². The van der Waals surface area contributed by atoms with Crippen molar-refractivity contribution in [3.63, 3.8) is 0 Å². The van der Waals surface area contributed by atoms with Crippen LogP contribution in [0.2, 0.25) is 0 Å². The van der Waals surface area contributed by atoms with Gasteiger partial charge >= 0.3 is 6.09 Å². The maximum absolute atomic E-state index is 12.5. The number of hydrogen-bond acceptors (Lipinski definition) is 3. The number of benzene rings is 2. The predicted molar refractivity (Wildman–Crippen MR) is 91.1 cm³/mol. The SMILES string of the molecule is Cc1cccc(C(=O)N2CCN(C(=O)Oc3ccccc3)CC2)c1. The van der Waals surface area contributed by atoms with Gasteiger partial charge in [-0.05, 0) is 31.2 Å². The normalized spacial score (nSPS) is 14.4. The number of piperazine rings is 1. The van der Waals surface area contributed by atoms with E-state index in [1.54, 1.807) is 21.9 Å². The van der Waals surface area contributed by atoms with Crippen molar-refractivity contribution in [1.29, 1.82) is 0 Å². The third-order valence-corrected chi connectivity index (χ3v) is 4.04. The predicted octanol–water partition coefficient (Wildman–Crippen LogP) is 2.95. The number of nitrogens with zero attached hydrogens (tertiary/aromatic N) is 2. The second-order valence-corrected chi connectivity index (χ2v) is 5.83. The highest BCUT2D eigenvalue weighted by Crippen LogP contribution is 2.13. The standard InChI is InChI=1S/C19H20N2O3/c1-15-6-5-7-16(14-15)18(22)20-10-12-21(13-11-20)19(23)24-17-8-3-2-4-9-17/h2-9,14H,10-13H2,1H3. The molecule has 1 heterocycles. The van der Waals surface area contributed by atoms with Crippen molar-refractivity contribution >= 4 is 12.0 Å². The Morgan fingerprint density at radius 3 is 2.21 bits per heavy atom. The Morgan fingerprint density at radius 1 is 0.875 bits per heavy atom. The quantitative estimate of drug-likeness (QED) is 0.853. The van der Waals surface area contributed by atoms with Gasteiger partial charge in [-0.25, -0.2) is 4.79 Å². The molecule has 5 heteroatoms. The van der Waals surface area contributed by atoms with E-state index >= 15 is 0 Å². The van der Waals surface area contributed by atoms with Crippen LogP contribution in [0, 0.1) is 6.92 Å². The zero-order valence-corrected chi connectivity index (χ0v) is 13.6. The molecule has 1 aliphatic rings. The van der Waals surface area contributed by atoms with E-state index in [-0.39, 0.29) is 12.0 Å². The summed E-state index contributed by atoms with van der Waals surface area (Å²) in [6, 6.07) is 16.6. The first-order valence-electron chi connectivity index (χ1n) is 8.01. The van der Waals surface area contributed by atoms with Crippen LogP contribution >= 0.6 is 0 Å². The fourth-order valence-electron chi connectivity index (χ4n) is 2.71. The molecule has 3 rings (SSSR count). The molecule has 2 aromatic rings. The second kappa shape index (κ2) is 7.17. The van der Waals surface area contributed by atoms with Crippen molar-refractivity contribution in [2.45, 2.75) is 6.92 Å². The Bertz CT molecular complexity index is 722. The van der Waals surface area contributed by atoms with E-state index in [2.05, 4.69) is 0 Å². The van der Waals surface area contributed by atoms with Gasteiger partial charge in [0.05, 0.1) is 0 Å². The van der Waals surface area contributed by atoms with Gasteiger partial charge in [0, 0.05) is 31.7 Å². The van der Waals surface area contributed by atoms with Gasteiger partial charge in [0.2, 0.25) is 0 Å². The van der Waals surface area contributed by atoms with Gasteiger partial charge in [-0.2, -0.15) is 0 Å². The molecule has 124 valence electrons. The van der Waals surface area contributed by atoms with Crippen molar-refractivity contribution in [3.05, 3.63) is 65.7 Å². The van der Waals surface area contributed by atoms with E-state index in [9.17, 15) is 9.59 Å². The van der Waals surface area contributed by atoms with E-state index in [0.717, 1.165) is 5.56 Å². The Kier molecular flexibility index (Phi) is 4.79. The smallest absolute Gasteiger partial charge is 0.410 e. The summed E-state index contributed by atoms with van der Waals surface area (Å²) in [6.07, 6.45) is -0.371. The van der Waals surface area contributed by atoms with Gasteiger partial charge in [-0.3, -0.25) is 4.79 Å². The van der Waals surface area contributed by atoms with Crippen LogP contribution in [0.5, 0.6) is 5.75 Å². The Morgan fingerprint density at radius 2 is 1.54 bits per heavy atom. The third kappa shape index (κ3) is 3.74. The topological polar surface area (TPSA) is 49.9 Å². The Balaban J connectivity index is 1.55. The van der Waals surface area contributed by atoms with E-state index in [0.29, 0.717) is 37.5 Å². The highest BCUT2D eigenvalue weighted by Gasteiger charge is 2.25. The van der Waals surface area contributed by atoms with Crippen LogP contribution in [0.15, 0.2) is 54.6 Å². The first-order chi connectivity index (χ1) is 11.6. The van der Waals surface area contributed by atoms with Crippen LogP contribution in [0.4, 0.5) is 4.79 Å². The van der Waals surface area contributed by atoms with Crippen LogP contribution < -0.4 is 4.74 Å². The van der Waals surface area contributed by atoms with Crippen molar-refractivity contribution < 1.29 is 14.3 Å². The molecule has 1 fully saturated rings. The lowest BCUT2D eigenvalue weighted by molar-refractivity contribution is 0.0633. The molecule has 0 spiro atoms. The molecule has 0 atom stereocenters. The average Bonchev–Trinajstić information content (AvgIpc) is 2.62. The maximum Gasteiger partial charge on any atom is 0.415 e. The number of hydrogen-bond donors (Lipinski definition) is 0. The van der Waals surface area contributed by atoms with Gasteiger partial charge in [0.25, 0.3) is 5.91 Å². The summed E-state index contributed by atoms with van der Waals surface area (Å²) in [5.74, 6) is 0.538. The Labute approximate surface area is 141 Å². The van der Waals surface area contributed by atoms with Crippen LogP contribution in [0.1, 0.15) is 15.9 Å². The molecule has 2 aromatic carbocycles. The fourth-order valence-corrected chi connectivity index (χ4v) is 2.71. The molecule has 5 nitrogen and oxygen atoms in total. The van der Waals surface area contributed by atoms with Crippen LogP contribution in [-0.4, -0.2) is 48.0 Å². The zero-order chi connectivity index (χ0) is 16.9. The summed E-state index contributed by atoms with van der Waals surface area (Å²) >= 11 is 0. The zero-order valence-electron chi connectivity index (χ0n) is 13.6. The minimum Gasteiger partial charge on any atom is -0.410 e. The lowest BCUT2D eigenvalue weighted by atomic mass is 10.1. The molecule has 0 aromatic heterocycles. The van der Waals surface area contributed by atoms with Crippen molar-refractivity contribution in [1.82, 2.24) is 9.80 Å². The number of ether oxygens (including phenoxy) is 1. The lowest BCUT2D eigenvalue weighted by Crippen LogP contribution is -2.51. The molecular weight excluding hydrogens is 304 g/mol. The number of carbonyl (C=O) groups excluding carboxylic acids is 2. The van der Waals surface area contributed by atoms with E-state index in [1.807, 2.05) is 49.4 Å². The highest BCUT2D eigenvalue weighted by atomic mass is 16.6. The molecule has 24 heavy (non-hydrogen) atoms. The maximum atomic E-state index is 12.5. The monoisotopic (exact) mass is 324 g/mol. The first-order valence-corrected chi connectivity index (χ1v) is 8.01. The molecule has 0 radical (unpaired) electrons. The summed E-state index contributed by atoms with van der Waals surface area (Å²) in [4.78, 5) is 28.1. The van der Waals surface area contributed by atoms with E-state index in [4.69, 9.17) is 4.74 Å². The molecule has 1 saturated heterocycles. The van der Waals surface area contributed by atoms with Crippen LogP contribution in [-0.2, 0) is 0 Å². The average molecular weight is 324 g/mol. The van der Waals surface area contributed by atoms with Crippen LogP contribution in [0.3, 0.4) is 0 Å². The van der Waals surface area contributed by atoms with Crippen molar-refractivity contribution in [2.24, 2.45) is 0 Å². The molecule has 0 bridgehead atoms. The Hall–Kier alpha value is -2.82. The van der Waals surface area contributed by atoms with Gasteiger partial charge in [0.1, 0.15) is 5.75 Å². The first kappa shape index (κ1) is 16.1. The molecular formula is C19H20N2O3. The summed E-state index contributed by atoms with van der Waals surface area (Å²) in [6.45, 7) is 3.94.